The highest BCUT2D eigenvalue weighted by atomic mass is 79.9. The first kappa shape index (κ1) is 19.0. The Morgan fingerprint density at radius 1 is 1.35 bits per heavy atom. The van der Waals surface area contributed by atoms with E-state index in [0.29, 0.717) is 16.0 Å². The van der Waals surface area contributed by atoms with Gasteiger partial charge in [-0.25, -0.2) is 13.1 Å². The zero-order chi connectivity index (χ0) is 17.0. The standard InChI is InChI=1S/C15H22BrClN2O3S/c1-11(10-19-6-4-3-5-7-19)18-23(20,21)14-9-12(17)8-13(16)15(14)22-2/h8-9,11,18H,3-7,10H2,1-2H3. The van der Waals surface area contributed by atoms with Crippen molar-refractivity contribution >= 4 is 37.6 Å². The molecule has 0 spiro atoms. The van der Waals surface area contributed by atoms with Gasteiger partial charge in [-0.05, 0) is 60.9 Å². The van der Waals surface area contributed by atoms with Crippen molar-refractivity contribution in [2.45, 2.75) is 37.1 Å². The number of nitrogens with one attached hydrogen (secondary N) is 1. The first-order chi connectivity index (χ1) is 10.8. The first-order valence-corrected chi connectivity index (χ1v) is 10.3. The van der Waals surface area contributed by atoms with E-state index in [9.17, 15) is 8.42 Å². The maximum Gasteiger partial charge on any atom is 0.244 e. The Morgan fingerprint density at radius 2 is 2.00 bits per heavy atom. The van der Waals surface area contributed by atoms with E-state index in [1.54, 1.807) is 6.07 Å². The lowest BCUT2D eigenvalue weighted by atomic mass is 10.1. The van der Waals surface area contributed by atoms with Crippen LogP contribution in [0.4, 0.5) is 0 Å². The van der Waals surface area contributed by atoms with Gasteiger partial charge in [-0.3, -0.25) is 0 Å². The minimum atomic E-state index is -3.71. The summed E-state index contributed by atoms with van der Waals surface area (Å²) in [5.74, 6) is 0.257. The number of likely N-dealkylation sites (tertiary alicyclic amines) is 1. The minimum absolute atomic E-state index is 0.0462. The summed E-state index contributed by atoms with van der Waals surface area (Å²) in [7, 11) is -2.28. The highest BCUT2D eigenvalue weighted by molar-refractivity contribution is 9.10. The van der Waals surface area contributed by atoms with Gasteiger partial charge < -0.3 is 9.64 Å². The van der Waals surface area contributed by atoms with Crippen molar-refractivity contribution in [3.8, 4) is 5.75 Å². The number of rotatable bonds is 6. The molecule has 0 saturated carbocycles. The second-order valence-corrected chi connectivity index (χ2v) is 8.78. The van der Waals surface area contributed by atoms with E-state index >= 15 is 0 Å². The van der Waals surface area contributed by atoms with E-state index in [0.717, 1.165) is 13.1 Å². The Bertz CT molecular complexity index is 648. The third-order valence-corrected chi connectivity index (χ3v) is 6.21. The summed E-state index contributed by atoms with van der Waals surface area (Å²) in [6.45, 7) is 4.62. The molecule has 0 aromatic heterocycles. The summed E-state index contributed by atoms with van der Waals surface area (Å²) in [5, 5.41) is 0.335. The molecule has 2 rings (SSSR count). The fourth-order valence-electron chi connectivity index (χ4n) is 2.83. The largest absolute Gasteiger partial charge is 0.494 e. The van der Waals surface area contributed by atoms with E-state index in [4.69, 9.17) is 16.3 Å². The molecule has 1 aromatic rings. The fourth-order valence-corrected chi connectivity index (χ4v) is 5.45. The Labute approximate surface area is 151 Å². The number of piperidine rings is 1. The third-order valence-electron chi connectivity index (χ3n) is 3.81. The summed E-state index contributed by atoms with van der Waals surface area (Å²) in [4.78, 5) is 2.34. The van der Waals surface area contributed by atoms with Crippen LogP contribution in [0.5, 0.6) is 5.75 Å². The maximum atomic E-state index is 12.7. The monoisotopic (exact) mass is 424 g/mol. The number of hydrogen-bond donors (Lipinski definition) is 1. The van der Waals surface area contributed by atoms with Crippen molar-refractivity contribution in [3.63, 3.8) is 0 Å². The number of hydrogen-bond acceptors (Lipinski definition) is 4. The smallest absolute Gasteiger partial charge is 0.244 e. The number of sulfonamides is 1. The van der Waals surface area contributed by atoms with Gasteiger partial charge in [0.25, 0.3) is 0 Å². The number of benzene rings is 1. The van der Waals surface area contributed by atoms with Crippen molar-refractivity contribution in [2.75, 3.05) is 26.7 Å². The summed E-state index contributed by atoms with van der Waals surface area (Å²) >= 11 is 9.28. The van der Waals surface area contributed by atoms with Crippen molar-refractivity contribution in [2.24, 2.45) is 0 Å². The molecule has 0 aliphatic carbocycles. The quantitative estimate of drug-likeness (QED) is 0.760. The second kappa shape index (κ2) is 8.16. The molecular weight excluding hydrogens is 404 g/mol. The van der Waals surface area contributed by atoms with E-state index < -0.39 is 10.0 Å². The molecule has 1 unspecified atom stereocenters. The predicted molar refractivity (Wildman–Crippen MR) is 95.8 cm³/mol. The molecule has 23 heavy (non-hydrogen) atoms. The Hall–Kier alpha value is -0.340. The summed E-state index contributed by atoms with van der Waals surface area (Å²) in [5.41, 5.74) is 0. The van der Waals surface area contributed by atoms with Gasteiger partial charge in [0.05, 0.1) is 11.6 Å². The van der Waals surface area contributed by atoms with Gasteiger partial charge in [0.2, 0.25) is 10.0 Å². The molecule has 1 fully saturated rings. The minimum Gasteiger partial charge on any atom is -0.494 e. The van der Waals surface area contributed by atoms with Gasteiger partial charge in [-0.1, -0.05) is 18.0 Å². The Kier molecular flexibility index (Phi) is 6.74. The number of methoxy groups -OCH3 is 1. The zero-order valence-electron chi connectivity index (χ0n) is 13.3. The Balaban J connectivity index is 2.15. The summed E-state index contributed by atoms with van der Waals surface area (Å²) in [6, 6.07) is 2.82. The second-order valence-electron chi connectivity index (χ2n) is 5.80. The maximum absolute atomic E-state index is 12.7. The molecule has 1 N–H and O–H groups in total. The molecule has 130 valence electrons. The van der Waals surface area contributed by atoms with Crippen LogP contribution in [-0.2, 0) is 10.0 Å². The highest BCUT2D eigenvalue weighted by Gasteiger charge is 2.25. The molecule has 1 atom stereocenters. The number of nitrogens with zero attached hydrogens (tertiary/aromatic N) is 1. The molecular formula is C15H22BrClN2O3S. The van der Waals surface area contributed by atoms with Gasteiger partial charge in [0, 0.05) is 17.6 Å². The average Bonchev–Trinajstić information content (AvgIpc) is 2.46. The van der Waals surface area contributed by atoms with Crippen LogP contribution in [0.25, 0.3) is 0 Å². The van der Waals surface area contributed by atoms with Crippen LogP contribution in [0.1, 0.15) is 26.2 Å². The van der Waals surface area contributed by atoms with Gasteiger partial charge >= 0.3 is 0 Å². The van der Waals surface area contributed by atoms with Crippen LogP contribution < -0.4 is 9.46 Å². The van der Waals surface area contributed by atoms with Gasteiger partial charge in [0.1, 0.15) is 4.90 Å². The summed E-state index contributed by atoms with van der Waals surface area (Å²) in [6.07, 6.45) is 3.60. The van der Waals surface area contributed by atoms with Crippen LogP contribution in [0.2, 0.25) is 5.02 Å². The van der Waals surface area contributed by atoms with Gasteiger partial charge in [0.15, 0.2) is 5.75 Å². The predicted octanol–water partition coefficient (Wildman–Crippen LogP) is 3.26. The van der Waals surface area contributed by atoms with Crippen LogP contribution in [-0.4, -0.2) is 46.1 Å². The van der Waals surface area contributed by atoms with Crippen molar-refractivity contribution in [1.82, 2.24) is 9.62 Å². The number of ether oxygens (including phenoxy) is 1. The summed E-state index contributed by atoms with van der Waals surface area (Å²) < 4.78 is 33.8. The lowest BCUT2D eigenvalue weighted by molar-refractivity contribution is 0.215. The number of halogens is 2. The van der Waals surface area contributed by atoms with Gasteiger partial charge in [-0.15, -0.1) is 0 Å². The first-order valence-electron chi connectivity index (χ1n) is 7.61. The van der Waals surface area contributed by atoms with E-state index in [1.807, 2.05) is 6.92 Å². The van der Waals surface area contributed by atoms with Crippen LogP contribution in [0.3, 0.4) is 0 Å². The van der Waals surface area contributed by atoms with Gasteiger partial charge in [-0.2, -0.15) is 0 Å². The highest BCUT2D eigenvalue weighted by Crippen LogP contribution is 2.35. The van der Waals surface area contributed by atoms with Crippen molar-refractivity contribution < 1.29 is 13.2 Å². The molecule has 1 aliphatic heterocycles. The third kappa shape index (κ3) is 5.06. The zero-order valence-corrected chi connectivity index (χ0v) is 16.5. The average molecular weight is 426 g/mol. The topological polar surface area (TPSA) is 58.6 Å². The molecule has 0 bridgehead atoms. The van der Waals surface area contributed by atoms with Crippen LogP contribution in [0, 0.1) is 0 Å². The molecule has 1 aromatic carbocycles. The molecule has 5 nitrogen and oxygen atoms in total. The van der Waals surface area contributed by atoms with Crippen molar-refractivity contribution in [3.05, 3.63) is 21.6 Å². The van der Waals surface area contributed by atoms with Crippen molar-refractivity contribution in [1.29, 1.82) is 0 Å². The molecule has 0 amide bonds. The molecule has 8 heteroatoms. The Morgan fingerprint density at radius 3 is 2.61 bits per heavy atom. The lowest BCUT2D eigenvalue weighted by Crippen LogP contribution is -2.43. The SMILES string of the molecule is COc1c(Br)cc(Cl)cc1S(=O)(=O)NC(C)CN1CCCCC1. The normalized spacial score (nSPS) is 17.9. The van der Waals surface area contributed by atoms with E-state index in [-0.39, 0.29) is 16.7 Å². The van der Waals surface area contributed by atoms with E-state index in [2.05, 4.69) is 25.6 Å². The molecule has 0 radical (unpaired) electrons. The van der Waals surface area contributed by atoms with Crippen LogP contribution >= 0.6 is 27.5 Å². The van der Waals surface area contributed by atoms with Crippen LogP contribution in [0.15, 0.2) is 21.5 Å². The molecule has 1 aliphatic rings. The molecule has 1 saturated heterocycles. The molecule has 1 heterocycles. The lowest BCUT2D eigenvalue weighted by Gasteiger charge is -2.29. The fraction of sp³-hybridized carbons (Fsp3) is 0.600. The van der Waals surface area contributed by atoms with E-state index in [1.165, 1.54) is 32.4 Å².